The van der Waals surface area contributed by atoms with Gasteiger partial charge in [-0.1, -0.05) is 43.7 Å². The lowest BCUT2D eigenvalue weighted by atomic mass is 9.85. The average molecular weight is 256 g/mol. The Hall–Kier alpha value is -0.540. The highest BCUT2D eigenvalue weighted by molar-refractivity contribution is 6.31. The highest BCUT2D eigenvalue weighted by Gasteiger charge is 2.18. The molecule has 1 fully saturated rings. The molecule has 0 spiro atoms. The Kier molecular flexibility index (Phi) is 4.46. The maximum absolute atomic E-state index is 6.21. The minimum absolute atomic E-state index is 0.0249. The molecule has 0 aliphatic heterocycles. The molecule has 0 aromatic carbocycles. The van der Waals surface area contributed by atoms with E-state index in [4.69, 9.17) is 17.3 Å². The predicted octanol–water partition coefficient (Wildman–Crippen LogP) is 3.43. The zero-order valence-corrected chi connectivity index (χ0v) is 11.3. The van der Waals surface area contributed by atoms with Gasteiger partial charge in [-0.15, -0.1) is 0 Å². The summed E-state index contributed by atoms with van der Waals surface area (Å²) in [6.45, 7) is 0. The maximum atomic E-state index is 6.21. The molecule has 1 aromatic rings. The summed E-state index contributed by atoms with van der Waals surface area (Å²) in [6.07, 6.45) is 10.9. The van der Waals surface area contributed by atoms with Crippen LogP contribution in [0.1, 0.15) is 56.7 Å². The normalized spacial score (nSPS) is 19.5. The van der Waals surface area contributed by atoms with Crippen LogP contribution in [-0.2, 0) is 7.05 Å². The molecule has 4 heteroatoms. The van der Waals surface area contributed by atoms with E-state index >= 15 is 0 Å². The predicted molar refractivity (Wildman–Crippen MR) is 71.0 cm³/mol. The van der Waals surface area contributed by atoms with E-state index in [1.54, 1.807) is 10.9 Å². The lowest BCUT2D eigenvalue weighted by Gasteiger charge is -2.23. The van der Waals surface area contributed by atoms with Gasteiger partial charge < -0.3 is 5.73 Å². The van der Waals surface area contributed by atoms with E-state index in [-0.39, 0.29) is 6.04 Å². The molecule has 17 heavy (non-hydrogen) atoms. The number of hydrogen-bond acceptors (Lipinski definition) is 2. The second kappa shape index (κ2) is 5.87. The first-order chi connectivity index (χ1) is 8.18. The van der Waals surface area contributed by atoms with Gasteiger partial charge in [-0.3, -0.25) is 4.68 Å². The van der Waals surface area contributed by atoms with Crippen LogP contribution >= 0.6 is 11.6 Å². The average Bonchev–Trinajstić information content (AvgIpc) is 2.67. The summed E-state index contributed by atoms with van der Waals surface area (Å²) in [4.78, 5) is 0. The molecule has 0 radical (unpaired) electrons. The zero-order chi connectivity index (χ0) is 12.3. The molecule has 1 unspecified atom stereocenters. The molecule has 1 aliphatic carbocycles. The molecule has 2 N–H and O–H groups in total. The van der Waals surface area contributed by atoms with Crippen molar-refractivity contribution in [3.05, 3.63) is 16.9 Å². The summed E-state index contributed by atoms with van der Waals surface area (Å²) in [5.74, 6) is 0.877. The van der Waals surface area contributed by atoms with Crippen molar-refractivity contribution in [1.82, 2.24) is 9.78 Å². The smallest absolute Gasteiger partial charge is 0.0833 e. The van der Waals surface area contributed by atoms with Crippen LogP contribution in [0, 0.1) is 5.92 Å². The Morgan fingerprint density at radius 2 is 2.18 bits per heavy atom. The number of hydrogen-bond donors (Lipinski definition) is 1. The SMILES string of the molecule is Cn1ncc(Cl)c1C(N)CCC1CCCCC1. The molecular weight excluding hydrogens is 234 g/mol. The highest BCUT2D eigenvalue weighted by Crippen LogP contribution is 2.31. The van der Waals surface area contributed by atoms with Crippen LogP contribution in [0.4, 0.5) is 0 Å². The summed E-state index contributed by atoms with van der Waals surface area (Å²) in [5, 5.41) is 4.83. The van der Waals surface area contributed by atoms with Gasteiger partial charge in [-0.2, -0.15) is 5.10 Å². The third kappa shape index (κ3) is 3.23. The van der Waals surface area contributed by atoms with E-state index in [0.29, 0.717) is 5.02 Å². The van der Waals surface area contributed by atoms with Crippen molar-refractivity contribution in [2.24, 2.45) is 18.7 Å². The van der Waals surface area contributed by atoms with E-state index in [2.05, 4.69) is 5.10 Å². The third-order valence-electron chi connectivity index (χ3n) is 3.90. The Balaban J connectivity index is 1.86. The highest BCUT2D eigenvalue weighted by atomic mass is 35.5. The topological polar surface area (TPSA) is 43.8 Å². The molecule has 2 rings (SSSR count). The van der Waals surface area contributed by atoms with Crippen LogP contribution in [-0.4, -0.2) is 9.78 Å². The first-order valence-corrected chi connectivity index (χ1v) is 6.99. The van der Waals surface area contributed by atoms with Gasteiger partial charge in [-0.25, -0.2) is 0 Å². The molecule has 0 amide bonds. The number of aromatic nitrogens is 2. The summed E-state index contributed by atoms with van der Waals surface area (Å²) in [7, 11) is 1.90. The number of aryl methyl sites for hydroxylation is 1. The fourth-order valence-electron chi connectivity index (χ4n) is 2.87. The van der Waals surface area contributed by atoms with E-state index in [1.165, 1.54) is 38.5 Å². The molecule has 1 saturated carbocycles. The molecule has 3 nitrogen and oxygen atoms in total. The van der Waals surface area contributed by atoms with Crippen LogP contribution in [0.5, 0.6) is 0 Å². The van der Waals surface area contributed by atoms with Gasteiger partial charge in [0, 0.05) is 13.1 Å². The maximum Gasteiger partial charge on any atom is 0.0833 e. The van der Waals surface area contributed by atoms with Crippen molar-refractivity contribution in [1.29, 1.82) is 0 Å². The van der Waals surface area contributed by atoms with E-state index in [1.807, 2.05) is 7.05 Å². The minimum atomic E-state index is 0.0249. The number of nitrogens with zero attached hydrogens (tertiary/aromatic N) is 2. The molecule has 1 atom stereocenters. The molecule has 1 aromatic heterocycles. The molecular formula is C13H22ClN3. The number of halogens is 1. The van der Waals surface area contributed by atoms with Gasteiger partial charge in [0.1, 0.15) is 0 Å². The van der Waals surface area contributed by atoms with Crippen LogP contribution in [0.25, 0.3) is 0 Å². The van der Waals surface area contributed by atoms with Crippen molar-refractivity contribution in [3.63, 3.8) is 0 Å². The minimum Gasteiger partial charge on any atom is -0.323 e. The van der Waals surface area contributed by atoms with Gasteiger partial charge in [0.05, 0.1) is 16.9 Å². The van der Waals surface area contributed by atoms with E-state index in [9.17, 15) is 0 Å². The number of rotatable bonds is 4. The molecule has 1 heterocycles. The van der Waals surface area contributed by atoms with Crippen molar-refractivity contribution in [2.45, 2.75) is 51.0 Å². The third-order valence-corrected chi connectivity index (χ3v) is 4.19. The largest absolute Gasteiger partial charge is 0.323 e. The first kappa shape index (κ1) is 12.9. The standard InChI is InChI=1S/C13H22ClN3/c1-17-13(11(14)9-16-17)12(15)8-7-10-5-3-2-4-6-10/h9-10,12H,2-8,15H2,1H3. The van der Waals surface area contributed by atoms with Crippen LogP contribution in [0.3, 0.4) is 0 Å². The Labute approximate surface area is 108 Å². The molecule has 0 saturated heterocycles. The Morgan fingerprint density at radius 3 is 2.76 bits per heavy atom. The second-order valence-corrected chi connectivity index (χ2v) is 5.60. The summed E-state index contributed by atoms with van der Waals surface area (Å²) in [5.41, 5.74) is 7.19. The fourth-order valence-corrected chi connectivity index (χ4v) is 3.17. The van der Waals surface area contributed by atoms with Gasteiger partial charge in [-0.05, 0) is 18.8 Å². The second-order valence-electron chi connectivity index (χ2n) is 5.19. The summed E-state index contributed by atoms with van der Waals surface area (Å²) < 4.78 is 1.80. The fraction of sp³-hybridized carbons (Fsp3) is 0.769. The molecule has 0 bridgehead atoms. The van der Waals surface area contributed by atoms with Crippen molar-refractivity contribution >= 4 is 11.6 Å². The van der Waals surface area contributed by atoms with Gasteiger partial charge >= 0.3 is 0 Å². The molecule has 96 valence electrons. The van der Waals surface area contributed by atoms with E-state index < -0.39 is 0 Å². The lowest BCUT2D eigenvalue weighted by Crippen LogP contribution is -2.17. The first-order valence-electron chi connectivity index (χ1n) is 6.61. The van der Waals surface area contributed by atoms with Gasteiger partial charge in [0.2, 0.25) is 0 Å². The molecule has 1 aliphatic rings. The summed E-state index contributed by atoms with van der Waals surface area (Å²) >= 11 is 6.10. The van der Waals surface area contributed by atoms with Crippen LogP contribution in [0.15, 0.2) is 6.20 Å². The Bertz CT molecular complexity index is 336. The zero-order valence-electron chi connectivity index (χ0n) is 10.5. The number of nitrogens with two attached hydrogens (primary N) is 1. The quantitative estimate of drug-likeness (QED) is 0.896. The Morgan fingerprint density at radius 1 is 1.47 bits per heavy atom. The van der Waals surface area contributed by atoms with Crippen molar-refractivity contribution < 1.29 is 0 Å². The van der Waals surface area contributed by atoms with Gasteiger partial charge in [0.25, 0.3) is 0 Å². The van der Waals surface area contributed by atoms with Crippen LogP contribution in [0.2, 0.25) is 5.02 Å². The van der Waals surface area contributed by atoms with Crippen molar-refractivity contribution in [2.75, 3.05) is 0 Å². The van der Waals surface area contributed by atoms with Gasteiger partial charge in [0.15, 0.2) is 0 Å². The van der Waals surface area contributed by atoms with E-state index in [0.717, 1.165) is 18.0 Å². The summed E-state index contributed by atoms with van der Waals surface area (Å²) in [6, 6.07) is 0.0249. The van der Waals surface area contributed by atoms with Crippen molar-refractivity contribution in [3.8, 4) is 0 Å². The van der Waals surface area contributed by atoms with Crippen LogP contribution < -0.4 is 5.73 Å². The monoisotopic (exact) mass is 255 g/mol. The lowest BCUT2D eigenvalue weighted by molar-refractivity contribution is 0.322.